The van der Waals surface area contributed by atoms with Crippen molar-refractivity contribution >= 4 is 5.69 Å². The fourth-order valence-electron chi connectivity index (χ4n) is 3.09. The molecule has 0 saturated heterocycles. The lowest BCUT2D eigenvalue weighted by Crippen LogP contribution is -2.26. The third-order valence-corrected chi connectivity index (χ3v) is 4.62. The molecule has 0 heterocycles. The van der Waals surface area contributed by atoms with E-state index in [0.717, 1.165) is 23.3 Å². The third-order valence-electron chi connectivity index (χ3n) is 4.62. The van der Waals surface area contributed by atoms with E-state index in [2.05, 4.69) is 5.32 Å². The number of rotatable bonds is 6. The summed E-state index contributed by atoms with van der Waals surface area (Å²) in [5, 5.41) is 3.35. The molecule has 0 saturated carbocycles. The van der Waals surface area contributed by atoms with Crippen molar-refractivity contribution in [1.29, 1.82) is 0 Å². The van der Waals surface area contributed by atoms with E-state index in [0.29, 0.717) is 17.0 Å². The van der Waals surface area contributed by atoms with Crippen molar-refractivity contribution in [2.45, 2.75) is 19.0 Å². The molecule has 6 heteroatoms. The molecule has 0 fully saturated rings. The Hall–Kier alpha value is -2.99. The second-order valence-corrected chi connectivity index (χ2v) is 6.56. The Morgan fingerprint density at radius 1 is 0.857 bits per heavy atom. The predicted molar refractivity (Wildman–Crippen MR) is 104 cm³/mol. The number of benzene rings is 3. The normalized spacial score (nSPS) is 13.2. The standard InChI is InChI=1S/C22H21F3N2O/c1-13(16-11-19(23)21(25)20(24)12-16)27-22(15-4-3-5-17(26)10-15)14-6-8-18(28-2)9-7-14/h3-13,22,27H,26H2,1-2H3. The summed E-state index contributed by atoms with van der Waals surface area (Å²) in [5.41, 5.74) is 8.64. The lowest BCUT2D eigenvalue weighted by molar-refractivity contribution is 0.414. The van der Waals surface area contributed by atoms with Gasteiger partial charge in [0.25, 0.3) is 0 Å². The highest BCUT2D eigenvalue weighted by Gasteiger charge is 2.20. The van der Waals surface area contributed by atoms with Gasteiger partial charge in [-0.05, 0) is 60.0 Å². The zero-order valence-electron chi connectivity index (χ0n) is 15.5. The molecule has 28 heavy (non-hydrogen) atoms. The first-order valence-corrected chi connectivity index (χ1v) is 8.79. The van der Waals surface area contributed by atoms with Crippen molar-refractivity contribution < 1.29 is 17.9 Å². The molecule has 3 rings (SSSR count). The van der Waals surface area contributed by atoms with Gasteiger partial charge in [0.05, 0.1) is 13.2 Å². The van der Waals surface area contributed by atoms with Crippen LogP contribution in [0.2, 0.25) is 0 Å². The van der Waals surface area contributed by atoms with E-state index in [-0.39, 0.29) is 6.04 Å². The van der Waals surface area contributed by atoms with Gasteiger partial charge in [-0.1, -0.05) is 24.3 Å². The average Bonchev–Trinajstić information content (AvgIpc) is 2.69. The summed E-state index contributed by atoms with van der Waals surface area (Å²) in [5.74, 6) is -3.19. The van der Waals surface area contributed by atoms with Crippen LogP contribution in [0.5, 0.6) is 5.75 Å². The maximum absolute atomic E-state index is 13.6. The summed E-state index contributed by atoms with van der Waals surface area (Å²) in [4.78, 5) is 0. The fraction of sp³-hybridized carbons (Fsp3) is 0.182. The Balaban J connectivity index is 1.96. The molecule has 0 spiro atoms. The van der Waals surface area contributed by atoms with Gasteiger partial charge in [0.1, 0.15) is 5.75 Å². The van der Waals surface area contributed by atoms with Crippen LogP contribution in [0.3, 0.4) is 0 Å². The topological polar surface area (TPSA) is 47.3 Å². The van der Waals surface area contributed by atoms with E-state index >= 15 is 0 Å². The number of anilines is 1. The Bertz CT molecular complexity index is 937. The van der Waals surface area contributed by atoms with E-state index in [1.165, 1.54) is 0 Å². The summed E-state index contributed by atoms with van der Waals surface area (Å²) < 4.78 is 45.8. The zero-order chi connectivity index (χ0) is 20.3. The number of nitrogens with two attached hydrogens (primary N) is 1. The van der Waals surface area contributed by atoms with Gasteiger partial charge in [-0.2, -0.15) is 0 Å². The molecular weight excluding hydrogens is 365 g/mol. The summed E-state index contributed by atoms with van der Waals surface area (Å²) in [6, 6.07) is 16.1. The first kappa shape index (κ1) is 19.8. The number of nitrogen functional groups attached to an aromatic ring is 1. The molecule has 0 aliphatic heterocycles. The van der Waals surface area contributed by atoms with Gasteiger partial charge in [-0.25, -0.2) is 13.2 Å². The molecule has 3 aromatic rings. The molecule has 0 radical (unpaired) electrons. The molecule has 3 aromatic carbocycles. The molecule has 0 aliphatic carbocycles. The van der Waals surface area contributed by atoms with Crippen LogP contribution in [0.15, 0.2) is 60.7 Å². The fourth-order valence-corrected chi connectivity index (χ4v) is 3.09. The summed E-state index contributed by atoms with van der Waals surface area (Å²) in [6.45, 7) is 1.76. The predicted octanol–water partition coefficient (Wildman–Crippen LogP) is 5.13. The number of nitrogens with one attached hydrogen (secondary N) is 1. The van der Waals surface area contributed by atoms with Gasteiger partial charge in [0.2, 0.25) is 0 Å². The molecule has 0 amide bonds. The zero-order valence-corrected chi connectivity index (χ0v) is 15.5. The highest BCUT2D eigenvalue weighted by Crippen LogP contribution is 2.29. The van der Waals surface area contributed by atoms with Crippen LogP contribution in [0.1, 0.15) is 35.7 Å². The molecule has 146 valence electrons. The molecule has 3 nitrogen and oxygen atoms in total. The van der Waals surface area contributed by atoms with Crippen molar-refractivity contribution in [1.82, 2.24) is 5.32 Å². The van der Waals surface area contributed by atoms with Gasteiger partial charge in [0.15, 0.2) is 17.5 Å². The maximum atomic E-state index is 13.6. The van der Waals surface area contributed by atoms with Crippen LogP contribution < -0.4 is 15.8 Å². The first-order valence-electron chi connectivity index (χ1n) is 8.79. The number of halogens is 3. The maximum Gasteiger partial charge on any atom is 0.194 e. The molecule has 0 aromatic heterocycles. The molecule has 0 aliphatic rings. The number of methoxy groups -OCH3 is 1. The SMILES string of the molecule is COc1ccc(C(NC(C)c2cc(F)c(F)c(F)c2)c2cccc(N)c2)cc1. The summed E-state index contributed by atoms with van der Waals surface area (Å²) >= 11 is 0. The van der Waals surface area contributed by atoms with E-state index in [4.69, 9.17) is 10.5 Å². The monoisotopic (exact) mass is 386 g/mol. The molecule has 3 N–H and O–H groups in total. The number of hydrogen-bond acceptors (Lipinski definition) is 3. The van der Waals surface area contributed by atoms with Crippen molar-refractivity contribution in [3.8, 4) is 5.75 Å². The van der Waals surface area contributed by atoms with Crippen molar-refractivity contribution in [3.05, 3.63) is 94.8 Å². The van der Waals surface area contributed by atoms with Gasteiger partial charge in [-0.15, -0.1) is 0 Å². The van der Waals surface area contributed by atoms with Crippen LogP contribution in [0, 0.1) is 17.5 Å². The highest BCUT2D eigenvalue weighted by molar-refractivity contribution is 5.45. The van der Waals surface area contributed by atoms with Crippen LogP contribution >= 0.6 is 0 Å². The van der Waals surface area contributed by atoms with Crippen LogP contribution in [0.4, 0.5) is 18.9 Å². The van der Waals surface area contributed by atoms with E-state index in [1.807, 2.05) is 42.5 Å². The smallest absolute Gasteiger partial charge is 0.194 e. The minimum Gasteiger partial charge on any atom is -0.497 e. The largest absolute Gasteiger partial charge is 0.497 e. The minimum absolute atomic E-state index is 0.304. The Morgan fingerprint density at radius 3 is 2.07 bits per heavy atom. The minimum atomic E-state index is -1.47. The molecule has 0 bridgehead atoms. The van der Waals surface area contributed by atoms with Crippen molar-refractivity contribution in [2.24, 2.45) is 0 Å². The molecular formula is C22H21F3N2O. The first-order chi connectivity index (χ1) is 13.4. The Morgan fingerprint density at radius 2 is 1.50 bits per heavy atom. The number of ether oxygens (including phenoxy) is 1. The second-order valence-electron chi connectivity index (χ2n) is 6.56. The average molecular weight is 386 g/mol. The van der Waals surface area contributed by atoms with Crippen LogP contribution in [0.25, 0.3) is 0 Å². The Kier molecular flexibility index (Phi) is 5.90. The van der Waals surface area contributed by atoms with E-state index in [1.54, 1.807) is 20.1 Å². The lowest BCUT2D eigenvalue weighted by atomic mass is 9.96. The quantitative estimate of drug-likeness (QED) is 0.456. The van der Waals surface area contributed by atoms with Gasteiger partial charge >= 0.3 is 0 Å². The number of hydrogen-bond donors (Lipinski definition) is 2. The molecule has 2 atom stereocenters. The summed E-state index contributed by atoms with van der Waals surface area (Å²) in [6.07, 6.45) is 0. The highest BCUT2D eigenvalue weighted by atomic mass is 19.2. The third kappa shape index (κ3) is 4.28. The lowest BCUT2D eigenvalue weighted by Gasteiger charge is -2.25. The Labute approximate surface area is 162 Å². The second kappa shape index (κ2) is 8.35. The summed E-state index contributed by atoms with van der Waals surface area (Å²) in [7, 11) is 1.59. The van der Waals surface area contributed by atoms with Crippen LogP contribution in [-0.2, 0) is 0 Å². The molecule has 2 unspecified atom stereocenters. The van der Waals surface area contributed by atoms with Crippen molar-refractivity contribution in [3.63, 3.8) is 0 Å². The van der Waals surface area contributed by atoms with Gasteiger partial charge in [0, 0.05) is 11.7 Å². The van der Waals surface area contributed by atoms with E-state index < -0.39 is 23.5 Å². The van der Waals surface area contributed by atoms with Crippen LogP contribution in [-0.4, -0.2) is 7.11 Å². The van der Waals surface area contributed by atoms with Gasteiger partial charge < -0.3 is 10.5 Å². The van der Waals surface area contributed by atoms with E-state index in [9.17, 15) is 13.2 Å². The van der Waals surface area contributed by atoms with Gasteiger partial charge in [-0.3, -0.25) is 5.32 Å². The van der Waals surface area contributed by atoms with Crippen molar-refractivity contribution in [2.75, 3.05) is 12.8 Å².